The summed E-state index contributed by atoms with van der Waals surface area (Å²) in [5.41, 5.74) is 2.66. The average Bonchev–Trinajstić information content (AvgIpc) is 2.97. The predicted octanol–water partition coefficient (Wildman–Crippen LogP) is 3.11. The van der Waals surface area contributed by atoms with Gasteiger partial charge in [0.15, 0.2) is 0 Å². The van der Waals surface area contributed by atoms with Gasteiger partial charge >= 0.3 is 0 Å². The van der Waals surface area contributed by atoms with Crippen molar-refractivity contribution >= 4 is 10.8 Å². The van der Waals surface area contributed by atoms with E-state index < -0.39 is 10.8 Å². The van der Waals surface area contributed by atoms with Crippen molar-refractivity contribution in [1.82, 2.24) is 14.8 Å². The smallest absolute Gasteiger partial charge is 0.221 e. The van der Waals surface area contributed by atoms with Crippen LogP contribution >= 0.6 is 0 Å². The van der Waals surface area contributed by atoms with Crippen molar-refractivity contribution in [2.45, 2.75) is 49.7 Å². The van der Waals surface area contributed by atoms with Gasteiger partial charge in [0.25, 0.3) is 0 Å². The number of aromatic nitrogens is 3. The van der Waals surface area contributed by atoms with Crippen LogP contribution in [-0.2, 0) is 17.3 Å². The van der Waals surface area contributed by atoms with E-state index >= 15 is 0 Å². The molecule has 1 heterocycles. The summed E-state index contributed by atoms with van der Waals surface area (Å²) in [5.74, 6) is 0.737. The second kappa shape index (κ2) is 6.52. The Morgan fingerprint density at radius 1 is 1.19 bits per heavy atom. The van der Waals surface area contributed by atoms with Gasteiger partial charge in [-0.15, -0.1) is 10.2 Å². The van der Waals surface area contributed by atoms with Crippen molar-refractivity contribution in [3.05, 3.63) is 41.7 Å². The SMILES string of the molecule is C[S@](=O)c1nncn1Cc1ccc(C2CCCCC2)cc1. The Kier molecular flexibility index (Phi) is 4.48. The summed E-state index contributed by atoms with van der Waals surface area (Å²) in [6, 6.07) is 8.84. The van der Waals surface area contributed by atoms with Gasteiger partial charge in [0, 0.05) is 6.26 Å². The molecule has 1 aliphatic carbocycles. The molecule has 5 heteroatoms. The molecule has 21 heavy (non-hydrogen) atoms. The van der Waals surface area contributed by atoms with E-state index in [-0.39, 0.29) is 0 Å². The average molecular weight is 303 g/mol. The highest BCUT2D eigenvalue weighted by molar-refractivity contribution is 7.84. The number of hydrogen-bond donors (Lipinski definition) is 0. The lowest BCUT2D eigenvalue weighted by Gasteiger charge is -2.22. The van der Waals surface area contributed by atoms with Crippen LogP contribution in [0.25, 0.3) is 0 Å². The first-order valence-corrected chi connectivity index (χ1v) is 9.10. The van der Waals surface area contributed by atoms with Crippen LogP contribution in [0.1, 0.15) is 49.1 Å². The highest BCUT2D eigenvalue weighted by Crippen LogP contribution is 2.32. The Hall–Kier alpha value is -1.49. The molecule has 112 valence electrons. The highest BCUT2D eigenvalue weighted by Gasteiger charge is 2.15. The molecular formula is C16H21N3OS. The molecule has 0 N–H and O–H groups in total. The molecule has 3 rings (SSSR count). The second-order valence-corrected chi connectivity index (χ2v) is 7.05. The van der Waals surface area contributed by atoms with Crippen molar-refractivity contribution in [2.24, 2.45) is 0 Å². The standard InChI is InChI=1S/C16H21N3OS/c1-21(20)16-18-17-12-19(16)11-13-7-9-15(10-8-13)14-5-3-2-4-6-14/h7-10,12,14H,2-6,11H2,1H3/t21-/m0/s1. The summed E-state index contributed by atoms with van der Waals surface area (Å²) in [6.07, 6.45) is 10.0. The lowest BCUT2D eigenvalue weighted by atomic mass is 9.84. The first-order valence-electron chi connectivity index (χ1n) is 7.54. The third kappa shape index (κ3) is 3.40. The van der Waals surface area contributed by atoms with Crippen LogP contribution in [0, 0.1) is 0 Å². The monoisotopic (exact) mass is 303 g/mol. The Labute approximate surface area is 128 Å². The van der Waals surface area contributed by atoms with Gasteiger partial charge in [-0.3, -0.25) is 4.21 Å². The van der Waals surface area contributed by atoms with Gasteiger partial charge in [0.05, 0.1) is 17.3 Å². The topological polar surface area (TPSA) is 47.8 Å². The molecule has 1 saturated carbocycles. The van der Waals surface area contributed by atoms with Crippen molar-refractivity contribution < 1.29 is 4.21 Å². The molecular weight excluding hydrogens is 282 g/mol. The fraction of sp³-hybridized carbons (Fsp3) is 0.500. The van der Waals surface area contributed by atoms with Crippen LogP contribution < -0.4 is 0 Å². The molecule has 0 aliphatic heterocycles. The fourth-order valence-electron chi connectivity index (χ4n) is 3.10. The summed E-state index contributed by atoms with van der Waals surface area (Å²) in [6.45, 7) is 0.673. The zero-order valence-electron chi connectivity index (χ0n) is 12.4. The fourth-order valence-corrected chi connectivity index (χ4v) is 3.71. The highest BCUT2D eigenvalue weighted by atomic mass is 32.2. The van der Waals surface area contributed by atoms with Crippen LogP contribution in [0.4, 0.5) is 0 Å². The first-order chi connectivity index (χ1) is 10.2. The van der Waals surface area contributed by atoms with Crippen molar-refractivity contribution in [2.75, 3.05) is 6.26 Å². The van der Waals surface area contributed by atoms with Crippen LogP contribution in [0.5, 0.6) is 0 Å². The summed E-state index contributed by atoms with van der Waals surface area (Å²) in [4.78, 5) is 0. The maximum Gasteiger partial charge on any atom is 0.221 e. The van der Waals surface area contributed by atoms with Gasteiger partial charge in [0.1, 0.15) is 6.33 Å². The van der Waals surface area contributed by atoms with E-state index in [9.17, 15) is 4.21 Å². The number of hydrogen-bond acceptors (Lipinski definition) is 3. The van der Waals surface area contributed by atoms with E-state index in [1.807, 2.05) is 4.57 Å². The molecule has 1 atom stereocenters. The van der Waals surface area contributed by atoms with Gasteiger partial charge in [0.2, 0.25) is 5.16 Å². The molecule has 0 unspecified atom stereocenters. The largest absolute Gasteiger partial charge is 0.302 e. The molecule has 0 radical (unpaired) electrons. The van der Waals surface area contributed by atoms with Crippen molar-refractivity contribution in [1.29, 1.82) is 0 Å². The summed E-state index contributed by atoms with van der Waals surface area (Å²) < 4.78 is 13.4. The van der Waals surface area contributed by atoms with E-state index in [1.54, 1.807) is 12.6 Å². The lowest BCUT2D eigenvalue weighted by Crippen LogP contribution is -2.07. The van der Waals surface area contributed by atoms with E-state index in [2.05, 4.69) is 34.5 Å². The molecule has 1 aromatic heterocycles. The lowest BCUT2D eigenvalue weighted by molar-refractivity contribution is 0.443. The van der Waals surface area contributed by atoms with Gasteiger partial charge in [-0.05, 0) is 29.9 Å². The third-order valence-electron chi connectivity index (χ3n) is 4.25. The maximum atomic E-state index is 11.6. The Bertz CT molecular complexity index is 615. The van der Waals surface area contributed by atoms with E-state index in [4.69, 9.17) is 0 Å². The normalized spacial score (nSPS) is 17.8. The van der Waals surface area contributed by atoms with Gasteiger partial charge < -0.3 is 4.57 Å². The van der Waals surface area contributed by atoms with Crippen LogP contribution in [0.2, 0.25) is 0 Å². The molecule has 2 aromatic rings. The summed E-state index contributed by atoms with van der Waals surface area (Å²) in [5, 5.41) is 8.30. The second-order valence-electron chi connectivity index (χ2n) is 5.77. The molecule has 1 fully saturated rings. The summed E-state index contributed by atoms with van der Waals surface area (Å²) >= 11 is 0. The van der Waals surface area contributed by atoms with Gasteiger partial charge in [-0.1, -0.05) is 43.5 Å². The molecule has 1 aromatic carbocycles. The molecule has 4 nitrogen and oxygen atoms in total. The zero-order chi connectivity index (χ0) is 14.7. The Morgan fingerprint density at radius 3 is 2.57 bits per heavy atom. The number of rotatable bonds is 4. The van der Waals surface area contributed by atoms with Gasteiger partial charge in [-0.25, -0.2) is 0 Å². The Morgan fingerprint density at radius 2 is 1.90 bits per heavy atom. The third-order valence-corrected chi connectivity index (χ3v) is 5.08. The van der Waals surface area contributed by atoms with E-state index in [0.29, 0.717) is 11.7 Å². The molecule has 1 aliphatic rings. The van der Waals surface area contributed by atoms with E-state index in [0.717, 1.165) is 5.92 Å². The van der Waals surface area contributed by atoms with Crippen molar-refractivity contribution in [3.8, 4) is 0 Å². The van der Waals surface area contributed by atoms with Crippen LogP contribution in [0.15, 0.2) is 35.7 Å². The van der Waals surface area contributed by atoms with Gasteiger partial charge in [-0.2, -0.15) is 0 Å². The quantitative estimate of drug-likeness (QED) is 0.872. The first kappa shape index (κ1) is 14.4. The van der Waals surface area contributed by atoms with Crippen LogP contribution in [-0.4, -0.2) is 25.2 Å². The van der Waals surface area contributed by atoms with E-state index in [1.165, 1.54) is 43.2 Å². The predicted molar refractivity (Wildman–Crippen MR) is 83.7 cm³/mol. The minimum absolute atomic E-state index is 0.534. The van der Waals surface area contributed by atoms with Crippen LogP contribution in [0.3, 0.4) is 0 Å². The molecule has 0 amide bonds. The summed E-state index contributed by atoms with van der Waals surface area (Å²) in [7, 11) is -1.10. The minimum atomic E-state index is -1.10. The molecule has 0 saturated heterocycles. The molecule has 0 bridgehead atoms. The minimum Gasteiger partial charge on any atom is -0.302 e. The zero-order valence-corrected chi connectivity index (χ0v) is 13.2. The number of benzene rings is 1. The Balaban J connectivity index is 1.72. The maximum absolute atomic E-state index is 11.6. The number of nitrogens with zero attached hydrogens (tertiary/aromatic N) is 3. The molecule has 0 spiro atoms. The van der Waals surface area contributed by atoms with Crippen molar-refractivity contribution in [3.63, 3.8) is 0 Å².